The molecule has 0 radical (unpaired) electrons. The molecule has 7 N–H and O–H groups in total. The van der Waals surface area contributed by atoms with Gasteiger partial charge in [-0.25, -0.2) is 0 Å². The van der Waals surface area contributed by atoms with Crippen LogP contribution in [-0.2, 0) is 32.0 Å². The predicted octanol–water partition coefficient (Wildman–Crippen LogP) is 0.740. The van der Waals surface area contributed by atoms with E-state index in [0.717, 1.165) is 11.1 Å². The number of nitrogens with zero attached hydrogens (tertiary/aromatic N) is 1. The van der Waals surface area contributed by atoms with Gasteiger partial charge in [0.2, 0.25) is 5.91 Å². The molecule has 9 atom stereocenters. The summed E-state index contributed by atoms with van der Waals surface area (Å²) in [7, 11) is -2.73. The Kier molecular flexibility index (Phi) is 11.9. The Morgan fingerprint density at radius 1 is 0.911 bits per heavy atom. The number of benzene rings is 2. The van der Waals surface area contributed by atoms with Crippen LogP contribution in [0.4, 0.5) is 5.69 Å². The van der Waals surface area contributed by atoms with E-state index in [9.17, 15) is 39.9 Å². The summed E-state index contributed by atoms with van der Waals surface area (Å²) in [6.45, 7) is 6.19. The third-order valence-corrected chi connectivity index (χ3v) is 11.3. The summed E-state index contributed by atoms with van der Waals surface area (Å²) in [4.78, 5) is 39.0. The van der Waals surface area contributed by atoms with E-state index < -0.39 is 51.0 Å². The largest absolute Gasteiger partial charge is 0.432 e. The molecule has 0 aliphatic carbocycles. The van der Waals surface area contributed by atoms with E-state index >= 15 is 0 Å². The number of anilines is 1. The smallest absolute Gasteiger partial charge is 0.256 e. The number of aliphatic hydroxyl groups excluding tert-OH is 5. The molecule has 45 heavy (non-hydrogen) atoms. The Hall–Kier alpha value is -2.72. The highest BCUT2D eigenvalue weighted by Crippen LogP contribution is 2.45. The summed E-state index contributed by atoms with van der Waals surface area (Å²) in [5.74, 6) is -0.930. The average Bonchev–Trinajstić information content (AvgIpc) is 3.31. The Balaban J connectivity index is 1.39. The maximum atomic E-state index is 13.4. The lowest BCUT2D eigenvalue weighted by atomic mass is 9.95. The summed E-state index contributed by atoms with van der Waals surface area (Å²) in [5.41, 5.74) is 2.09. The zero-order chi connectivity index (χ0) is 32.9. The van der Waals surface area contributed by atoms with Crippen molar-refractivity contribution in [2.75, 3.05) is 18.5 Å². The Labute approximate surface area is 264 Å². The number of nitrogens with one attached hydrogen (secondary N) is 1. The third kappa shape index (κ3) is 8.76. The van der Waals surface area contributed by atoms with Crippen LogP contribution < -0.4 is 5.32 Å². The first-order valence-corrected chi connectivity index (χ1v) is 18.4. The van der Waals surface area contributed by atoms with Crippen molar-refractivity contribution in [2.24, 2.45) is 5.92 Å². The number of aryl methyl sites for hydroxylation is 1. The lowest BCUT2D eigenvalue weighted by Crippen LogP contribution is -2.60. The van der Waals surface area contributed by atoms with Crippen LogP contribution in [0, 0.1) is 5.92 Å². The van der Waals surface area contributed by atoms with E-state index in [1.54, 1.807) is 23.1 Å². The fraction of sp³-hybridized carbons (Fsp3) is 0.562. The first kappa shape index (κ1) is 35.1. The van der Waals surface area contributed by atoms with Crippen LogP contribution in [0.5, 0.6) is 0 Å². The van der Waals surface area contributed by atoms with Gasteiger partial charge in [-0.1, -0.05) is 49.4 Å². The number of rotatable bonds is 12. The van der Waals surface area contributed by atoms with Crippen molar-refractivity contribution in [1.29, 1.82) is 0 Å². The molecule has 2 aromatic carbocycles. The van der Waals surface area contributed by atoms with Crippen LogP contribution in [0.3, 0.4) is 0 Å². The maximum absolute atomic E-state index is 13.4. The van der Waals surface area contributed by atoms with Gasteiger partial charge in [-0.3, -0.25) is 9.59 Å². The first-order chi connectivity index (χ1) is 21.3. The van der Waals surface area contributed by atoms with E-state index in [-0.39, 0.29) is 43.0 Å². The molecule has 2 heterocycles. The molecule has 0 saturated carbocycles. The molecule has 2 fully saturated rings. The number of carbonyl (C=O) groups excluding carboxylic acids is 2. The normalized spacial score (nSPS) is 30.2. The highest BCUT2D eigenvalue weighted by atomic mass is 28.4. The van der Waals surface area contributed by atoms with Gasteiger partial charge in [0.1, 0.15) is 18.3 Å². The highest BCUT2D eigenvalue weighted by molar-refractivity contribution is 6.71. The van der Waals surface area contributed by atoms with Gasteiger partial charge in [-0.2, -0.15) is 0 Å². The molecule has 12 nitrogen and oxygen atoms in total. The molecular formula is C32H46N2O10Si. The van der Waals surface area contributed by atoms with Crippen LogP contribution in [-0.4, -0.2) is 111 Å². The summed E-state index contributed by atoms with van der Waals surface area (Å²) < 4.78 is 11.5. The minimum absolute atomic E-state index is 0.00379. The second kappa shape index (κ2) is 15.2. The lowest BCUT2D eigenvalue weighted by molar-refractivity contribution is -0.274. The lowest BCUT2D eigenvalue weighted by Gasteiger charge is -2.37. The molecule has 2 amide bonds. The standard InChI is InChI=1S/C32H46N2O10Si/c1-19-23(13-12-20-10-7-11-22(16-20)33-31(40)29-27(38)26(37)28(39)32(41)44-29)43-24(30(19)45(2,3)42)17-25(36)34(14-15-35)18-21-8-5-4-6-9-21/h4-11,16,19,23-24,26-30,32,35,37-39,41-42H,12-15,17-18H2,1-3H3,(H,33,40)/t19-,23+,24-,26-,27-,28+,29-,30+,32+/m0/s1. The number of amides is 2. The van der Waals surface area contributed by atoms with Crippen molar-refractivity contribution in [1.82, 2.24) is 4.90 Å². The van der Waals surface area contributed by atoms with Gasteiger partial charge >= 0.3 is 0 Å². The van der Waals surface area contributed by atoms with E-state index in [1.165, 1.54) is 0 Å². The van der Waals surface area contributed by atoms with Crippen LogP contribution in [0.1, 0.15) is 30.9 Å². The minimum atomic E-state index is -2.73. The van der Waals surface area contributed by atoms with Gasteiger partial charge in [0.15, 0.2) is 20.7 Å². The van der Waals surface area contributed by atoms with Crippen LogP contribution in [0.15, 0.2) is 54.6 Å². The fourth-order valence-electron chi connectivity index (χ4n) is 6.53. The van der Waals surface area contributed by atoms with Gasteiger partial charge in [0.05, 0.1) is 25.2 Å². The minimum Gasteiger partial charge on any atom is -0.432 e. The molecular weight excluding hydrogens is 600 g/mol. The van der Waals surface area contributed by atoms with Gasteiger partial charge in [0, 0.05) is 24.3 Å². The molecule has 0 bridgehead atoms. The average molecular weight is 647 g/mol. The number of ether oxygens (including phenoxy) is 2. The third-order valence-electron chi connectivity index (χ3n) is 8.79. The summed E-state index contributed by atoms with van der Waals surface area (Å²) in [6.07, 6.45) is -8.01. The van der Waals surface area contributed by atoms with Crippen molar-refractivity contribution in [3.8, 4) is 0 Å². The zero-order valence-electron chi connectivity index (χ0n) is 25.9. The molecule has 2 aliphatic rings. The van der Waals surface area contributed by atoms with E-state index in [2.05, 4.69) is 5.32 Å². The second-order valence-electron chi connectivity index (χ2n) is 12.6. The summed E-state index contributed by atoms with van der Waals surface area (Å²) in [5, 5.41) is 51.7. The predicted molar refractivity (Wildman–Crippen MR) is 167 cm³/mol. The molecule has 0 aromatic heterocycles. The van der Waals surface area contributed by atoms with Gasteiger partial charge < -0.3 is 50.0 Å². The number of carbonyl (C=O) groups is 2. The molecule has 4 rings (SSSR count). The molecule has 2 aromatic rings. The topological polar surface area (TPSA) is 189 Å². The van der Waals surface area contributed by atoms with Crippen molar-refractivity contribution < 1.29 is 49.4 Å². The number of hydrogen-bond acceptors (Lipinski definition) is 10. The SMILES string of the molecule is C[C@@H]1[C@@H]([Si](C)(C)O)[C@H](CC(=O)N(CCO)Cc2ccccc2)O[C@@H]1CCc1cccc(NC(=O)[C@H]2O[C@@H](O)[C@H](O)[C@@H](O)[C@@H]2O)c1. The second-order valence-corrected chi connectivity index (χ2v) is 16.6. The van der Waals surface area contributed by atoms with Crippen molar-refractivity contribution in [3.05, 3.63) is 65.7 Å². The molecule has 2 aliphatic heterocycles. The van der Waals surface area contributed by atoms with Crippen LogP contribution >= 0.6 is 0 Å². The summed E-state index contributed by atoms with van der Waals surface area (Å²) in [6, 6.07) is 16.6. The maximum Gasteiger partial charge on any atom is 0.256 e. The van der Waals surface area contributed by atoms with Crippen molar-refractivity contribution in [2.45, 2.75) is 94.3 Å². The molecule has 0 spiro atoms. The quantitative estimate of drug-likeness (QED) is 0.162. The monoisotopic (exact) mass is 646 g/mol. The molecule has 248 valence electrons. The highest BCUT2D eigenvalue weighted by Gasteiger charge is 2.50. The van der Waals surface area contributed by atoms with Crippen molar-refractivity contribution >= 4 is 25.8 Å². The van der Waals surface area contributed by atoms with Gasteiger partial charge in [-0.05, 0) is 55.1 Å². The Morgan fingerprint density at radius 3 is 2.27 bits per heavy atom. The van der Waals surface area contributed by atoms with E-state index in [0.29, 0.717) is 25.1 Å². The Bertz CT molecular complexity index is 1280. The zero-order valence-corrected chi connectivity index (χ0v) is 26.9. The summed E-state index contributed by atoms with van der Waals surface area (Å²) >= 11 is 0. The van der Waals surface area contributed by atoms with E-state index in [1.807, 2.05) is 56.4 Å². The molecule has 0 unspecified atom stereocenters. The first-order valence-electron chi connectivity index (χ1n) is 15.4. The number of hydrogen-bond donors (Lipinski definition) is 7. The van der Waals surface area contributed by atoms with E-state index in [4.69, 9.17) is 9.47 Å². The van der Waals surface area contributed by atoms with Crippen LogP contribution in [0.25, 0.3) is 0 Å². The fourth-order valence-corrected chi connectivity index (χ4v) is 9.14. The van der Waals surface area contributed by atoms with Gasteiger partial charge in [-0.15, -0.1) is 0 Å². The number of aliphatic hydroxyl groups is 5. The van der Waals surface area contributed by atoms with Crippen LogP contribution in [0.2, 0.25) is 18.6 Å². The molecule has 2 saturated heterocycles. The Morgan fingerprint density at radius 2 is 1.60 bits per heavy atom. The van der Waals surface area contributed by atoms with Gasteiger partial charge in [0.25, 0.3) is 5.91 Å². The van der Waals surface area contributed by atoms with Crippen molar-refractivity contribution in [3.63, 3.8) is 0 Å². The molecule has 13 heteroatoms.